The van der Waals surface area contributed by atoms with Crippen LogP contribution >= 0.6 is 0 Å². The Balaban J connectivity index is 1.40. The Morgan fingerprint density at radius 3 is 2.63 bits per heavy atom. The first-order chi connectivity index (χ1) is 13.1. The topological polar surface area (TPSA) is 38.3 Å². The van der Waals surface area contributed by atoms with E-state index in [2.05, 4.69) is 12.2 Å². The van der Waals surface area contributed by atoms with Gasteiger partial charge in [0.05, 0.1) is 5.56 Å². The van der Waals surface area contributed by atoms with E-state index in [0.29, 0.717) is 23.8 Å². The summed E-state index contributed by atoms with van der Waals surface area (Å²) in [5, 5.41) is 3.20. The Morgan fingerprint density at radius 1 is 1.15 bits per heavy atom. The third-order valence-corrected chi connectivity index (χ3v) is 6.23. The van der Waals surface area contributed by atoms with Gasteiger partial charge < -0.3 is 10.1 Å². The van der Waals surface area contributed by atoms with Crippen LogP contribution in [0.2, 0.25) is 0 Å². The maximum Gasteiger partial charge on any atom is 0.255 e. The Bertz CT molecular complexity index is 804. The number of carbonyl (C=O) groups is 1. The highest BCUT2D eigenvalue weighted by Gasteiger charge is 2.42. The Hall–Kier alpha value is -2.36. The molecular formula is C23H26FNO2. The number of halogens is 1. The smallest absolute Gasteiger partial charge is 0.255 e. The second-order valence-corrected chi connectivity index (χ2v) is 8.01. The van der Waals surface area contributed by atoms with Crippen molar-refractivity contribution < 1.29 is 13.9 Å². The lowest BCUT2D eigenvalue weighted by Crippen LogP contribution is -2.40. The lowest BCUT2D eigenvalue weighted by molar-refractivity contribution is 0.0910. The SMILES string of the molecule is CC(NC(=O)c1ccccc1OCc1ccc(F)cc1)C1CC2CCC1C2. The number of hydrogen-bond donors (Lipinski definition) is 1. The van der Waals surface area contributed by atoms with Crippen LogP contribution in [0.5, 0.6) is 5.75 Å². The van der Waals surface area contributed by atoms with Crippen LogP contribution in [0.15, 0.2) is 48.5 Å². The molecule has 3 nitrogen and oxygen atoms in total. The van der Waals surface area contributed by atoms with E-state index in [1.165, 1.54) is 37.8 Å². The molecule has 4 unspecified atom stereocenters. The fourth-order valence-corrected chi connectivity index (χ4v) is 4.82. The molecule has 2 aromatic carbocycles. The highest BCUT2D eigenvalue weighted by Crippen LogP contribution is 2.49. The van der Waals surface area contributed by atoms with E-state index >= 15 is 0 Å². The van der Waals surface area contributed by atoms with Crippen molar-refractivity contribution in [3.63, 3.8) is 0 Å². The maximum atomic E-state index is 13.0. The largest absolute Gasteiger partial charge is 0.488 e. The zero-order valence-corrected chi connectivity index (χ0v) is 15.7. The van der Waals surface area contributed by atoms with Gasteiger partial charge in [-0.3, -0.25) is 4.79 Å². The first-order valence-electron chi connectivity index (χ1n) is 9.87. The molecule has 0 aromatic heterocycles. The molecule has 0 radical (unpaired) electrons. The number of benzene rings is 2. The molecule has 1 N–H and O–H groups in total. The van der Waals surface area contributed by atoms with Gasteiger partial charge >= 0.3 is 0 Å². The number of rotatable bonds is 6. The summed E-state index contributed by atoms with van der Waals surface area (Å²) in [5.41, 5.74) is 1.41. The number of hydrogen-bond acceptors (Lipinski definition) is 2. The van der Waals surface area contributed by atoms with E-state index in [4.69, 9.17) is 4.74 Å². The van der Waals surface area contributed by atoms with E-state index in [1.807, 2.05) is 12.1 Å². The molecule has 0 heterocycles. The van der Waals surface area contributed by atoms with Gasteiger partial charge in [0.2, 0.25) is 0 Å². The van der Waals surface area contributed by atoms with Crippen molar-refractivity contribution >= 4 is 5.91 Å². The van der Waals surface area contributed by atoms with Crippen LogP contribution in [0.4, 0.5) is 4.39 Å². The molecule has 4 heteroatoms. The number of ether oxygens (including phenoxy) is 1. The van der Waals surface area contributed by atoms with E-state index in [-0.39, 0.29) is 17.8 Å². The average Bonchev–Trinajstić information content (AvgIpc) is 3.31. The summed E-state index contributed by atoms with van der Waals surface area (Å²) in [6.07, 6.45) is 5.26. The van der Waals surface area contributed by atoms with Crippen LogP contribution in [-0.2, 0) is 6.61 Å². The van der Waals surface area contributed by atoms with Gasteiger partial charge in [-0.05, 0) is 73.8 Å². The van der Waals surface area contributed by atoms with E-state index < -0.39 is 0 Å². The molecule has 142 valence electrons. The summed E-state index contributed by atoms with van der Waals surface area (Å²) in [7, 11) is 0. The van der Waals surface area contributed by atoms with Gasteiger partial charge in [0.1, 0.15) is 18.2 Å². The molecule has 2 bridgehead atoms. The molecule has 2 aliphatic rings. The summed E-state index contributed by atoms with van der Waals surface area (Å²) < 4.78 is 18.9. The molecule has 2 aliphatic carbocycles. The van der Waals surface area contributed by atoms with Crippen molar-refractivity contribution in [1.82, 2.24) is 5.32 Å². The molecule has 2 aromatic rings. The Labute approximate surface area is 159 Å². The first-order valence-corrected chi connectivity index (χ1v) is 9.87. The van der Waals surface area contributed by atoms with Gasteiger partial charge in [0.15, 0.2) is 0 Å². The molecule has 1 amide bonds. The molecule has 2 fully saturated rings. The number of nitrogens with one attached hydrogen (secondary N) is 1. The second kappa shape index (κ2) is 7.71. The van der Waals surface area contributed by atoms with Crippen molar-refractivity contribution in [2.75, 3.05) is 0 Å². The highest BCUT2D eigenvalue weighted by molar-refractivity contribution is 5.97. The number of amides is 1. The van der Waals surface area contributed by atoms with Crippen LogP contribution in [0, 0.1) is 23.6 Å². The van der Waals surface area contributed by atoms with Crippen molar-refractivity contribution in [1.29, 1.82) is 0 Å². The minimum Gasteiger partial charge on any atom is -0.488 e. The van der Waals surface area contributed by atoms with Gasteiger partial charge in [0, 0.05) is 6.04 Å². The van der Waals surface area contributed by atoms with Crippen molar-refractivity contribution in [3.8, 4) is 5.75 Å². The van der Waals surface area contributed by atoms with Crippen LogP contribution < -0.4 is 10.1 Å². The predicted octanol–water partition coefficient (Wildman–Crippen LogP) is 4.96. The van der Waals surface area contributed by atoms with E-state index in [9.17, 15) is 9.18 Å². The summed E-state index contributed by atoms with van der Waals surface area (Å²) >= 11 is 0. The van der Waals surface area contributed by atoms with E-state index in [1.54, 1.807) is 24.3 Å². The summed E-state index contributed by atoms with van der Waals surface area (Å²) in [4.78, 5) is 12.9. The van der Waals surface area contributed by atoms with Crippen molar-refractivity contribution in [3.05, 3.63) is 65.5 Å². The Morgan fingerprint density at radius 2 is 1.93 bits per heavy atom. The fraction of sp³-hybridized carbons (Fsp3) is 0.435. The lowest BCUT2D eigenvalue weighted by Gasteiger charge is -2.28. The van der Waals surface area contributed by atoms with Gasteiger partial charge in [-0.1, -0.05) is 30.7 Å². The molecule has 4 rings (SSSR count). The standard InChI is InChI=1S/C23H26FNO2/c1-15(21-13-17-6-9-18(21)12-17)25-23(26)20-4-2-3-5-22(20)27-14-16-7-10-19(24)11-8-16/h2-5,7-8,10-11,15,17-18,21H,6,9,12-14H2,1H3,(H,25,26). The average molecular weight is 367 g/mol. The van der Waals surface area contributed by atoms with E-state index in [0.717, 1.165) is 17.4 Å². The summed E-state index contributed by atoms with van der Waals surface area (Å²) in [6.45, 7) is 2.43. The van der Waals surface area contributed by atoms with Gasteiger partial charge in [-0.15, -0.1) is 0 Å². The number of fused-ring (bicyclic) bond motifs is 2. The number of para-hydroxylation sites is 1. The minimum absolute atomic E-state index is 0.0834. The molecule has 0 saturated heterocycles. The first kappa shape index (κ1) is 18.0. The summed E-state index contributed by atoms with van der Waals surface area (Å²) in [5.74, 6) is 2.44. The normalized spacial score (nSPS) is 24.6. The second-order valence-electron chi connectivity index (χ2n) is 8.01. The predicted molar refractivity (Wildman–Crippen MR) is 103 cm³/mol. The van der Waals surface area contributed by atoms with Gasteiger partial charge in [-0.2, -0.15) is 0 Å². The van der Waals surface area contributed by atoms with Crippen LogP contribution in [0.3, 0.4) is 0 Å². The van der Waals surface area contributed by atoms with Gasteiger partial charge in [0.25, 0.3) is 5.91 Å². The minimum atomic E-state index is -0.270. The quantitative estimate of drug-likeness (QED) is 0.784. The fourth-order valence-electron chi connectivity index (χ4n) is 4.82. The van der Waals surface area contributed by atoms with Crippen molar-refractivity contribution in [2.45, 2.75) is 45.3 Å². The van der Waals surface area contributed by atoms with Gasteiger partial charge in [-0.25, -0.2) is 4.39 Å². The monoisotopic (exact) mass is 367 g/mol. The molecule has 0 spiro atoms. The summed E-state index contributed by atoms with van der Waals surface area (Å²) in [6, 6.07) is 13.7. The Kier molecular flexibility index (Phi) is 5.15. The number of carbonyl (C=O) groups excluding carboxylic acids is 1. The van der Waals surface area contributed by atoms with Crippen molar-refractivity contribution in [2.24, 2.45) is 17.8 Å². The van der Waals surface area contributed by atoms with Crippen LogP contribution in [-0.4, -0.2) is 11.9 Å². The zero-order valence-electron chi connectivity index (χ0n) is 15.7. The molecule has 0 aliphatic heterocycles. The maximum absolute atomic E-state index is 13.0. The highest BCUT2D eigenvalue weighted by atomic mass is 19.1. The van der Waals surface area contributed by atoms with Crippen LogP contribution in [0.1, 0.15) is 48.5 Å². The lowest BCUT2D eigenvalue weighted by atomic mass is 9.84. The molecule has 2 saturated carbocycles. The third-order valence-electron chi connectivity index (χ3n) is 6.23. The molecule has 27 heavy (non-hydrogen) atoms. The third kappa shape index (κ3) is 4.00. The molecular weight excluding hydrogens is 341 g/mol. The zero-order chi connectivity index (χ0) is 18.8. The molecule has 4 atom stereocenters. The van der Waals surface area contributed by atoms with Crippen LogP contribution in [0.25, 0.3) is 0 Å².